The van der Waals surface area contributed by atoms with Crippen molar-refractivity contribution in [1.82, 2.24) is 19.9 Å². The highest BCUT2D eigenvalue weighted by Gasteiger charge is 2.11. The molecule has 32 heavy (non-hydrogen) atoms. The summed E-state index contributed by atoms with van der Waals surface area (Å²) in [4.78, 5) is 21.1. The number of ether oxygens (including phenoxy) is 1. The van der Waals surface area contributed by atoms with Gasteiger partial charge in [-0.05, 0) is 55.7 Å². The highest BCUT2D eigenvalue weighted by molar-refractivity contribution is 5.92. The lowest BCUT2D eigenvalue weighted by atomic mass is 10.2. The van der Waals surface area contributed by atoms with Gasteiger partial charge in [-0.3, -0.25) is 9.78 Å². The van der Waals surface area contributed by atoms with Crippen molar-refractivity contribution in [2.45, 2.75) is 32.2 Å². The zero-order valence-electron chi connectivity index (χ0n) is 18.1. The van der Waals surface area contributed by atoms with Gasteiger partial charge in [-0.15, -0.1) is 0 Å². The van der Waals surface area contributed by atoms with Crippen LogP contribution in [-0.4, -0.2) is 33.6 Å². The third-order valence-corrected chi connectivity index (χ3v) is 5.28. The van der Waals surface area contributed by atoms with Gasteiger partial charge >= 0.3 is 0 Å². The zero-order valence-corrected chi connectivity index (χ0v) is 18.1. The van der Waals surface area contributed by atoms with Crippen LogP contribution in [0.2, 0.25) is 0 Å². The fourth-order valence-corrected chi connectivity index (χ4v) is 3.68. The molecule has 0 saturated carbocycles. The van der Waals surface area contributed by atoms with Crippen LogP contribution in [0, 0.1) is 0 Å². The van der Waals surface area contributed by atoms with Crippen molar-refractivity contribution in [3.8, 4) is 5.75 Å². The van der Waals surface area contributed by atoms with Gasteiger partial charge in [0.15, 0.2) is 0 Å². The van der Waals surface area contributed by atoms with Crippen LogP contribution in [0.5, 0.6) is 5.75 Å². The molecule has 0 bridgehead atoms. The first kappa shape index (κ1) is 21.6. The molecule has 2 aromatic carbocycles. The van der Waals surface area contributed by atoms with Gasteiger partial charge in [0.2, 0.25) is 0 Å². The molecular formula is C26H28N4O2. The van der Waals surface area contributed by atoms with E-state index in [0.29, 0.717) is 18.8 Å². The summed E-state index contributed by atoms with van der Waals surface area (Å²) in [6, 6.07) is 23.5. The smallest absolute Gasteiger partial charge is 0.269 e. The van der Waals surface area contributed by atoms with Gasteiger partial charge in [-0.1, -0.05) is 36.4 Å². The topological polar surface area (TPSA) is 69.0 Å². The second kappa shape index (κ2) is 11.1. The standard InChI is InChI=1S/C26H28N4O2/c31-26(23-14-6-7-17-27-23)28-18-10-16-25-29-22-13-4-5-15-24(22)30(25)19-8-9-20-32-21-11-2-1-3-12-21/h1-7,11-15,17H,8-10,16,18-20H2,(H,28,31). The maximum absolute atomic E-state index is 12.2. The van der Waals surface area contributed by atoms with Gasteiger partial charge in [0.05, 0.1) is 17.6 Å². The second-order valence-corrected chi connectivity index (χ2v) is 7.61. The first-order valence-electron chi connectivity index (χ1n) is 11.1. The first-order valence-corrected chi connectivity index (χ1v) is 11.1. The highest BCUT2D eigenvalue weighted by Crippen LogP contribution is 2.18. The van der Waals surface area contributed by atoms with E-state index in [1.165, 1.54) is 0 Å². The van der Waals surface area contributed by atoms with Crippen molar-refractivity contribution in [2.24, 2.45) is 0 Å². The number of imidazole rings is 1. The van der Waals surface area contributed by atoms with Crippen LogP contribution in [0.1, 0.15) is 35.6 Å². The van der Waals surface area contributed by atoms with Crippen LogP contribution in [0.25, 0.3) is 11.0 Å². The fourth-order valence-electron chi connectivity index (χ4n) is 3.68. The number of carbonyl (C=O) groups excluding carboxylic acids is 1. The van der Waals surface area contributed by atoms with Crippen LogP contribution in [0.15, 0.2) is 79.0 Å². The number of amides is 1. The molecule has 0 fully saturated rings. The Balaban J connectivity index is 1.29. The molecule has 0 aliphatic rings. The molecule has 0 unspecified atom stereocenters. The Morgan fingerprint density at radius 3 is 2.56 bits per heavy atom. The summed E-state index contributed by atoms with van der Waals surface area (Å²) in [5.41, 5.74) is 2.61. The Kier molecular flexibility index (Phi) is 7.47. The van der Waals surface area contributed by atoms with Gasteiger partial charge in [0, 0.05) is 25.7 Å². The van der Waals surface area contributed by atoms with E-state index in [0.717, 1.165) is 54.8 Å². The summed E-state index contributed by atoms with van der Waals surface area (Å²) in [6.07, 6.45) is 5.23. The predicted molar refractivity (Wildman–Crippen MR) is 126 cm³/mol. The number of pyridine rings is 1. The number of aromatic nitrogens is 3. The third-order valence-electron chi connectivity index (χ3n) is 5.28. The van der Waals surface area contributed by atoms with E-state index in [1.54, 1.807) is 18.3 Å². The van der Waals surface area contributed by atoms with Crippen molar-refractivity contribution in [3.63, 3.8) is 0 Å². The average molecular weight is 429 g/mol. The molecule has 4 rings (SSSR count). The summed E-state index contributed by atoms with van der Waals surface area (Å²) in [5.74, 6) is 1.83. The Labute approximate surface area is 188 Å². The van der Waals surface area contributed by atoms with Gasteiger partial charge in [-0.2, -0.15) is 0 Å². The summed E-state index contributed by atoms with van der Waals surface area (Å²) >= 11 is 0. The molecule has 0 atom stereocenters. The van der Waals surface area contributed by atoms with Crippen LogP contribution >= 0.6 is 0 Å². The average Bonchev–Trinajstić information content (AvgIpc) is 3.20. The molecule has 4 aromatic rings. The number of aryl methyl sites for hydroxylation is 2. The van der Waals surface area contributed by atoms with E-state index in [4.69, 9.17) is 9.72 Å². The van der Waals surface area contributed by atoms with Gasteiger partial charge in [0.25, 0.3) is 5.91 Å². The number of fused-ring (bicyclic) bond motifs is 1. The minimum absolute atomic E-state index is 0.141. The predicted octanol–water partition coefficient (Wildman–Crippen LogP) is 4.65. The van der Waals surface area contributed by atoms with Crippen molar-refractivity contribution in [2.75, 3.05) is 13.2 Å². The van der Waals surface area contributed by atoms with Crippen molar-refractivity contribution in [3.05, 3.63) is 90.5 Å². The van der Waals surface area contributed by atoms with E-state index in [9.17, 15) is 4.79 Å². The van der Waals surface area contributed by atoms with Gasteiger partial charge < -0.3 is 14.6 Å². The van der Waals surface area contributed by atoms with Crippen LogP contribution in [0.4, 0.5) is 0 Å². The normalized spacial score (nSPS) is 10.9. The van der Waals surface area contributed by atoms with E-state index < -0.39 is 0 Å². The maximum Gasteiger partial charge on any atom is 0.269 e. The SMILES string of the molecule is O=C(NCCCc1nc2ccccc2n1CCCCOc1ccccc1)c1ccccn1. The molecule has 0 aliphatic heterocycles. The molecule has 6 nitrogen and oxygen atoms in total. The van der Waals surface area contributed by atoms with Crippen molar-refractivity contribution in [1.29, 1.82) is 0 Å². The third kappa shape index (κ3) is 5.72. The summed E-state index contributed by atoms with van der Waals surface area (Å²) in [6.45, 7) is 2.18. The number of hydrogen-bond acceptors (Lipinski definition) is 4. The lowest BCUT2D eigenvalue weighted by Gasteiger charge is -2.10. The quantitative estimate of drug-likeness (QED) is 0.353. The summed E-state index contributed by atoms with van der Waals surface area (Å²) in [5, 5.41) is 2.94. The minimum Gasteiger partial charge on any atom is -0.494 e. The van der Waals surface area contributed by atoms with Crippen LogP contribution in [0.3, 0.4) is 0 Å². The van der Waals surface area contributed by atoms with E-state index in [2.05, 4.69) is 33.1 Å². The number of nitrogens with zero attached hydrogens (tertiary/aromatic N) is 3. The van der Waals surface area contributed by atoms with E-state index in [-0.39, 0.29) is 5.91 Å². The van der Waals surface area contributed by atoms with Crippen LogP contribution < -0.4 is 10.1 Å². The Morgan fingerprint density at radius 2 is 1.72 bits per heavy atom. The fraction of sp³-hybridized carbons (Fsp3) is 0.269. The Bertz CT molecular complexity index is 1130. The van der Waals surface area contributed by atoms with Gasteiger partial charge in [0.1, 0.15) is 17.3 Å². The monoisotopic (exact) mass is 428 g/mol. The van der Waals surface area contributed by atoms with Crippen LogP contribution in [-0.2, 0) is 13.0 Å². The van der Waals surface area contributed by atoms with Crippen molar-refractivity contribution < 1.29 is 9.53 Å². The minimum atomic E-state index is -0.141. The number of unbranched alkanes of at least 4 members (excludes halogenated alkanes) is 1. The molecule has 2 aromatic heterocycles. The number of rotatable bonds is 11. The molecule has 164 valence electrons. The molecule has 0 spiro atoms. The molecule has 0 radical (unpaired) electrons. The number of para-hydroxylation sites is 3. The van der Waals surface area contributed by atoms with Crippen molar-refractivity contribution >= 4 is 16.9 Å². The molecule has 1 amide bonds. The van der Waals surface area contributed by atoms with Gasteiger partial charge in [-0.25, -0.2) is 4.98 Å². The number of hydrogen-bond donors (Lipinski definition) is 1. The highest BCUT2D eigenvalue weighted by atomic mass is 16.5. The number of benzene rings is 2. The molecular weight excluding hydrogens is 400 g/mol. The first-order chi connectivity index (χ1) is 15.8. The van der Waals surface area contributed by atoms with E-state index >= 15 is 0 Å². The largest absolute Gasteiger partial charge is 0.494 e. The molecule has 2 heterocycles. The molecule has 1 N–H and O–H groups in total. The molecule has 6 heteroatoms. The summed E-state index contributed by atoms with van der Waals surface area (Å²) < 4.78 is 8.12. The lowest BCUT2D eigenvalue weighted by Crippen LogP contribution is -2.25. The number of carbonyl (C=O) groups is 1. The van der Waals surface area contributed by atoms with E-state index in [1.807, 2.05) is 42.5 Å². The summed E-state index contributed by atoms with van der Waals surface area (Å²) in [7, 11) is 0. The Hall–Kier alpha value is -3.67. The number of nitrogens with one attached hydrogen (secondary N) is 1. The molecule has 0 aliphatic carbocycles. The lowest BCUT2D eigenvalue weighted by molar-refractivity contribution is 0.0948. The zero-order chi connectivity index (χ0) is 22.0. The Morgan fingerprint density at radius 1 is 0.906 bits per heavy atom. The maximum atomic E-state index is 12.2. The second-order valence-electron chi connectivity index (χ2n) is 7.61. The molecule has 0 saturated heterocycles.